The fraction of sp³-hybridized carbons (Fsp3) is 0.444. The fourth-order valence-corrected chi connectivity index (χ4v) is 5.99. The van der Waals surface area contributed by atoms with E-state index in [1.807, 2.05) is 0 Å². The molecule has 1 rings (SSSR count). The zero-order valence-electron chi connectivity index (χ0n) is 10.3. The van der Waals surface area contributed by atoms with E-state index >= 15 is 0 Å². The van der Waals surface area contributed by atoms with E-state index in [0.717, 1.165) is 0 Å². The van der Waals surface area contributed by atoms with Crippen molar-refractivity contribution < 1.29 is 17.9 Å². The van der Waals surface area contributed by atoms with Crippen LogP contribution in [0.5, 0.6) is 0 Å². The third-order valence-electron chi connectivity index (χ3n) is 2.00. The average molecular weight is 473 g/mol. The Bertz CT molecular complexity index is 564. The lowest BCUT2D eigenvalue weighted by Gasteiger charge is -2.11. The van der Waals surface area contributed by atoms with Gasteiger partial charge < -0.3 is 10.5 Å². The van der Waals surface area contributed by atoms with Crippen LogP contribution >= 0.6 is 55.6 Å². The number of rotatable bonds is 6. The summed E-state index contributed by atoms with van der Waals surface area (Å²) >= 11 is 7.59. The van der Waals surface area contributed by atoms with Crippen LogP contribution in [0.15, 0.2) is 18.5 Å². The topological polar surface area (TPSA) is 98.5 Å². The number of nitrogens with one attached hydrogen (secondary N) is 1. The van der Waals surface area contributed by atoms with Crippen molar-refractivity contribution in [1.29, 1.82) is 0 Å². The summed E-state index contributed by atoms with van der Waals surface area (Å²) in [7, 11) is -3.72. The van der Waals surface area contributed by atoms with E-state index in [0.29, 0.717) is 7.57 Å². The van der Waals surface area contributed by atoms with Gasteiger partial charge in [0.1, 0.15) is 10.9 Å². The summed E-state index contributed by atoms with van der Waals surface area (Å²) in [5.74, 6) is -0.643. The smallest absolute Gasteiger partial charge is 0.324 e. The van der Waals surface area contributed by atoms with Crippen LogP contribution in [0.1, 0.15) is 6.92 Å². The van der Waals surface area contributed by atoms with Crippen LogP contribution in [-0.2, 0) is 19.6 Å². The van der Waals surface area contributed by atoms with Crippen molar-refractivity contribution in [3.8, 4) is 0 Å². The van der Waals surface area contributed by atoms with Gasteiger partial charge in [0.05, 0.1) is 14.2 Å². The van der Waals surface area contributed by atoms with Gasteiger partial charge in [0.2, 0.25) is 10.0 Å². The Labute approximate surface area is 144 Å². The molecular formula is C9H13Br2ClN2O4S2. The fourth-order valence-electron chi connectivity index (χ4n) is 1.12. The van der Waals surface area contributed by atoms with Crippen LogP contribution in [0.3, 0.4) is 0 Å². The van der Waals surface area contributed by atoms with Gasteiger partial charge in [-0.25, -0.2) is 13.1 Å². The van der Waals surface area contributed by atoms with Gasteiger partial charge in [-0.15, -0.1) is 23.7 Å². The largest absolute Gasteiger partial charge is 0.465 e. The second-order valence-electron chi connectivity index (χ2n) is 3.40. The number of ether oxygens (including phenoxy) is 1. The van der Waals surface area contributed by atoms with Crippen LogP contribution in [-0.4, -0.2) is 33.6 Å². The first kappa shape index (κ1) is 20.3. The highest BCUT2D eigenvalue weighted by atomic mass is 79.9. The van der Waals surface area contributed by atoms with Crippen molar-refractivity contribution >= 4 is 71.6 Å². The molecule has 0 aliphatic carbocycles. The van der Waals surface area contributed by atoms with E-state index in [-0.39, 0.29) is 30.5 Å². The molecule has 0 radical (unpaired) electrons. The highest BCUT2D eigenvalue weighted by Crippen LogP contribution is 2.34. The number of sulfonamides is 1. The molecule has 1 heterocycles. The summed E-state index contributed by atoms with van der Waals surface area (Å²) in [6, 6.07) is 0.433. The second kappa shape index (κ2) is 8.66. The lowest BCUT2D eigenvalue weighted by atomic mass is 10.3. The maximum absolute atomic E-state index is 12.0. The van der Waals surface area contributed by atoms with E-state index in [1.54, 1.807) is 6.92 Å². The number of esters is 1. The highest BCUT2D eigenvalue weighted by molar-refractivity contribution is 9.12. The van der Waals surface area contributed by atoms with Crippen molar-refractivity contribution in [2.45, 2.75) is 17.9 Å². The zero-order chi connectivity index (χ0) is 14.6. The van der Waals surface area contributed by atoms with Gasteiger partial charge in [-0.1, -0.05) is 0 Å². The summed E-state index contributed by atoms with van der Waals surface area (Å²) in [6.45, 7) is 1.62. The molecule has 0 aliphatic heterocycles. The van der Waals surface area contributed by atoms with Gasteiger partial charge in [0, 0.05) is 6.54 Å². The number of hydrogen-bond donors (Lipinski definition) is 2. The minimum Gasteiger partial charge on any atom is -0.465 e. The van der Waals surface area contributed by atoms with Crippen molar-refractivity contribution in [2.75, 3.05) is 13.2 Å². The molecule has 11 heteroatoms. The summed E-state index contributed by atoms with van der Waals surface area (Å²) < 4.78 is 32.1. The van der Waals surface area contributed by atoms with Gasteiger partial charge in [-0.3, -0.25) is 4.79 Å². The Kier molecular flexibility index (Phi) is 8.79. The molecule has 0 fully saturated rings. The molecule has 20 heavy (non-hydrogen) atoms. The minimum absolute atomic E-state index is 0. The predicted octanol–water partition coefficient (Wildman–Crippen LogP) is 1.86. The molecule has 1 aromatic heterocycles. The minimum atomic E-state index is -3.72. The summed E-state index contributed by atoms with van der Waals surface area (Å²) in [5, 5.41) is 0. The molecule has 0 aliphatic rings. The molecule has 1 unspecified atom stereocenters. The first-order valence-corrected chi connectivity index (χ1v) is 9.03. The molecule has 1 atom stereocenters. The lowest BCUT2D eigenvalue weighted by Crippen LogP contribution is -2.43. The van der Waals surface area contributed by atoms with E-state index < -0.39 is 22.0 Å². The lowest BCUT2D eigenvalue weighted by molar-refractivity contribution is -0.144. The van der Waals surface area contributed by atoms with Crippen LogP contribution in [0.4, 0.5) is 0 Å². The van der Waals surface area contributed by atoms with Crippen LogP contribution in [0, 0.1) is 0 Å². The van der Waals surface area contributed by atoms with E-state index in [2.05, 4.69) is 41.3 Å². The summed E-state index contributed by atoms with van der Waals surface area (Å²) in [6.07, 6.45) is 0. The van der Waals surface area contributed by atoms with Crippen molar-refractivity contribution in [1.82, 2.24) is 4.72 Å². The normalized spacial score (nSPS) is 12.6. The first-order valence-electron chi connectivity index (χ1n) is 5.14. The molecule has 3 N–H and O–H groups in total. The Balaban J connectivity index is 0.00000361. The molecule has 0 saturated heterocycles. The SMILES string of the molecule is CCOC(=O)C(N)CNS(=O)(=O)c1cc(Br)sc1Br.Cl. The Morgan fingerprint density at radius 3 is 2.60 bits per heavy atom. The number of thiophene rings is 1. The van der Waals surface area contributed by atoms with Crippen LogP contribution in [0.25, 0.3) is 0 Å². The average Bonchev–Trinajstić information content (AvgIpc) is 2.66. The van der Waals surface area contributed by atoms with Gasteiger partial charge >= 0.3 is 5.97 Å². The zero-order valence-corrected chi connectivity index (χ0v) is 15.9. The third kappa shape index (κ3) is 5.58. The predicted molar refractivity (Wildman–Crippen MR) is 86.8 cm³/mol. The molecular weight excluding hydrogens is 460 g/mol. The number of carbonyl (C=O) groups is 1. The van der Waals surface area contributed by atoms with Gasteiger partial charge in [0.25, 0.3) is 0 Å². The molecule has 0 bridgehead atoms. The Morgan fingerprint density at radius 1 is 1.55 bits per heavy atom. The highest BCUT2D eigenvalue weighted by Gasteiger charge is 2.23. The van der Waals surface area contributed by atoms with E-state index in [4.69, 9.17) is 5.73 Å². The molecule has 0 saturated carbocycles. The molecule has 1 aromatic rings. The maximum atomic E-state index is 12.0. The van der Waals surface area contributed by atoms with E-state index in [9.17, 15) is 13.2 Å². The summed E-state index contributed by atoms with van der Waals surface area (Å²) in [4.78, 5) is 11.4. The third-order valence-corrected chi connectivity index (χ3v) is 6.18. The van der Waals surface area contributed by atoms with Crippen LogP contribution in [0.2, 0.25) is 0 Å². The summed E-state index contributed by atoms with van der Waals surface area (Å²) in [5.41, 5.74) is 5.51. The number of hydrogen-bond acceptors (Lipinski definition) is 6. The standard InChI is InChI=1S/C9H12Br2N2O4S2.ClH/c1-2-17-9(14)5(12)4-13-19(15,16)6-3-7(10)18-8(6)11;/h3,5,13H,2,4,12H2,1H3;1H. The quantitative estimate of drug-likeness (QED) is 0.616. The number of halogens is 3. The second-order valence-corrected chi connectivity index (χ2v) is 8.88. The first-order chi connectivity index (χ1) is 8.77. The molecule has 0 aromatic carbocycles. The Hall–Kier alpha value is 0.290. The van der Waals surface area contributed by atoms with Gasteiger partial charge in [0.15, 0.2) is 0 Å². The monoisotopic (exact) mass is 470 g/mol. The van der Waals surface area contributed by atoms with Crippen LogP contribution < -0.4 is 10.5 Å². The Morgan fingerprint density at radius 2 is 2.15 bits per heavy atom. The van der Waals surface area contributed by atoms with Crippen molar-refractivity contribution in [3.05, 3.63) is 13.6 Å². The van der Waals surface area contributed by atoms with Crippen molar-refractivity contribution in [3.63, 3.8) is 0 Å². The van der Waals surface area contributed by atoms with E-state index in [1.165, 1.54) is 17.4 Å². The molecule has 6 nitrogen and oxygen atoms in total. The van der Waals surface area contributed by atoms with Gasteiger partial charge in [-0.2, -0.15) is 0 Å². The van der Waals surface area contributed by atoms with Gasteiger partial charge in [-0.05, 0) is 44.8 Å². The molecule has 0 amide bonds. The van der Waals surface area contributed by atoms with Crippen molar-refractivity contribution in [2.24, 2.45) is 5.73 Å². The molecule has 0 spiro atoms. The maximum Gasteiger partial charge on any atom is 0.324 e. The number of nitrogens with two attached hydrogens (primary N) is 1. The number of carbonyl (C=O) groups excluding carboxylic acids is 1. The molecule has 116 valence electrons.